The fraction of sp³-hybridized carbons (Fsp3) is 0.286. The van der Waals surface area contributed by atoms with Crippen molar-refractivity contribution in [3.05, 3.63) is 95.6 Å². The highest BCUT2D eigenvalue weighted by Crippen LogP contribution is 2.13. The van der Waals surface area contributed by atoms with Crippen LogP contribution in [0.5, 0.6) is 0 Å². The summed E-state index contributed by atoms with van der Waals surface area (Å²) in [6.07, 6.45) is 4.21. The smallest absolute Gasteiger partial charge is 0.196 e. The minimum Gasteiger partial charge on any atom is -0.196 e. The van der Waals surface area contributed by atoms with Crippen LogP contribution in [0.3, 0.4) is 0 Å². The van der Waals surface area contributed by atoms with Crippen molar-refractivity contribution in [2.24, 2.45) is 28.2 Å². The van der Waals surface area contributed by atoms with Gasteiger partial charge in [-0.3, -0.25) is 0 Å². The van der Waals surface area contributed by atoms with Gasteiger partial charge in [0, 0.05) is 62.4 Å². The molecule has 0 saturated heterocycles. The van der Waals surface area contributed by atoms with Crippen molar-refractivity contribution in [1.82, 2.24) is 0 Å². The average Bonchev–Trinajstić information content (AvgIpc) is 2.76. The normalized spacial score (nSPS) is 10.5. The first kappa shape index (κ1) is 23.3. The average molecular weight is 429 g/mol. The van der Waals surface area contributed by atoms with Crippen molar-refractivity contribution in [2.75, 3.05) is 0 Å². The van der Waals surface area contributed by atoms with Crippen molar-refractivity contribution in [3.8, 4) is 22.8 Å². The molecule has 0 amide bonds. The Labute approximate surface area is 192 Å². The zero-order chi connectivity index (χ0) is 23.4. The molecule has 0 saturated carbocycles. The summed E-state index contributed by atoms with van der Waals surface area (Å²) in [7, 11) is 8.37. The number of aryl methyl sites for hydroxylation is 6. The van der Waals surface area contributed by atoms with E-state index in [1.807, 2.05) is 0 Å². The van der Waals surface area contributed by atoms with Gasteiger partial charge in [-0.15, -0.1) is 0 Å². The highest BCUT2D eigenvalue weighted by molar-refractivity contribution is 5.49. The molecule has 0 spiro atoms. The highest BCUT2D eigenvalue weighted by atomic mass is 15.0. The number of rotatable bonds is 2. The second-order valence-electron chi connectivity index (χ2n) is 8.62. The molecule has 0 aliphatic rings. The maximum Gasteiger partial charge on any atom is 0.277 e. The molecule has 4 aromatic heterocycles. The van der Waals surface area contributed by atoms with E-state index in [0.717, 1.165) is 0 Å². The number of hydrogen-bond donors (Lipinski definition) is 0. The summed E-state index contributed by atoms with van der Waals surface area (Å²) < 4.78 is 8.74. The Bertz CT molecular complexity index is 1160. The lowest BCUT2D eigenvalue weighted by Gasteiger charge is -2.02. The Hall–Kier alpha value is -3.40. The predicted octanol–water partition coefficient (Wildman–Crippen LogP) is 3.24. The molecule has 0 aromatic carbocycles. The molecule has 0 fully saturated rings. The number of pyridine rings is 4. The van der Waals surface area contributed by atoms with Gasteiger partial charge in [0.1, 0.15) is 28.2 Å². The van der Waals surface area contributed by atoms with Gasteiger partial charge in [0.2, 0.25) is 0 Å². The second kappa shape index (κ2) is 9.82. The van der Waals surface area contributed by atoms with Gasteiger partial charge in [-0.05, 0) is 37.1 Å². The zero-order valence-electron chi connectivity index (χ0n) is 20.7. The lowest BCUT2D eigenvalue weighted by Crippen LogP contribution is -2.41. The first-order chi connectivity index (χ1) is 15.2. The minimum atomic E-state index is 1.24. The quantitative estimate of drug-likeness (QED) is 0.436. The third-order valence-corrected chi connectivity index (χ3v) is 6.10. The third kappa shape index (κ3) is 5.08. The Balaban J connectivity index is 0.000000181. The minimum absolute atomic E-state index is 1.24. The van der Waals surface area contributed by atoms with Crippen LogP contribution in [0.15, 0.2) is 73.1 Å². The molecule has 4 rings (SSSR count). The van der Waals surface area contributed by atoms with Gasteiger partial charge >= 0.3 is 0 Å². The van der Waals surface area contributed by atoms with Gasteiger partial charge in [-0.25, -0.2) is 0 Å². The van der Waals surface area contributed by atoms with Gasteiger partial charge < -0.3 is 0 Å². The molecule has 0 aliphatic heterocycles. The van der Waals surface area contributed by atoms with Crippen molar-refractivity contribution in [1.29, 1.82) is 0 Å². The molecule has 32 heavy (non-hydrogen) atoms. The molecule has 4 heteroatoms. The van der Waals surface area contributed by atoms with E-state index >= 15 is 0 Å². The van der Waals surface area contributed by atoms with Crippen LogP contribution in [0.2, 0.25) is 0 Å². The molecule has 0 unspecified atom stereocenters. The molecule has 0 bridgehead atoms. The maximum absolute atomic E-state index is 2.22. The van der Waals surface area contributed by atoms with Crippen molar-refractivity contribution >= 4 is 0 Å². The predicted molar refractivity (Wildman–Crippen MR) is 127 cm³/mol. The SMILES string of the molecule is Cc1cc[n+](C)c(-c2cc(C)cc[n+]2C)c1.Cc1cccc(-c2cccc(C)[n+]2C)[n+]1C. The summed E-state index contributed by atoms with van der Waals surface area (Å²) in [6.45, 7) is 8.50. The molecule has 164 valence electrons. The van der Waals surface area contributed by atoms with Crippen molar-refractivity contribution < 1.29 is 18.3 Å². The molecule has 0 atom stereocenters. The van der Waals surface area contributed by atoms with Crippen LogP contribution in [-0.4, -0.2) is 0 Å². The molecule has 0 aliphatic carbocycles. The largest absolute Gasteiger partial charge is 0.277 e. The molecule has 4 aromatic rings. The lowest BCUT2D eigenvalue weighted by molar-refractivity contribution is -0.696. The summed E-state index contributed by atoms with van der Waals surface area (Å²) in [4.78, 5) is 0. The molecule has 0 N–H and O–H groups in total. The Morgan fingerprint density at radius 1 is 0.469 bits per heavy atom. The second-order valence-corrected chi connectivity index (χ2v) is 8.62. The van der Waals surface area contributed by atoms with E-state index in [1.54, 1.807) is 0 Å². The fourth-order valence-corrected chi connectivity index (χ4v) is 3.76. The number of aromatic nitrogens is 4. The van der Waals surface area contributed by atoms with Crippen LogP contribution in [0.25, 0.3) is 22.8 Å². The van der Waals surface area contributed by atoms with E-state index in [0.29, 0.717) is 0 Å². The van der Waals surface area contributed by atoms with E-state index in [-0.39, 0.29) is 0 Å². The van der Waals surface area contributed by atoms with Crippen LogP contribution in [0.4, 0.5) is 0 Å². The van der Waals surface area contributed by atoms with Gasteiger partial charge in [0.15, 0.2) is 23.8 Å². The molecular formula is C28H36N4+4. The zero-order valence-corrected chi connectivity index (χ0v) is 20.7. The van der Waals surface area contributed by atoms with E-state index in [2.05, 4.69) is 147 Å². The summed E-state index contributed by atoms with van der Waals surface area (Å²) in [6, 6.07) is 21.4. The number of nitrogens with zero attached hydrogens (tertiary/aromatic N) is 4. The van der Waals surface area contributed by atoms with Crippen LogP contribution < -0.4 is 18.3 Å². The van der Waals surface area contributed by atoms with Crippen molar-refractivity contribution in [3.63, 3.8) is 0 Å². The van der Waals surface area contributed by atoms with Crippen LogP contribution in [-0.2, 0) is 28.2 Å². The molecule has 4 heterocycles. The van der Waals surface area contributed by atoms with Gasteiger partial charge in [-0.2, -0.15) is 18.3 Å². The maximum atomic E-state index is 2.22. The monoisotopic (exact) mass is 428 g/mol. The van der Waals surface area contributed by atoms with E-state index in [9.17, 15) is 0 Å². The Morgan fingerprint density at radius 2 is 0.844 bits per heavy atom. The molecule has 0 radical (unpaired) electrons. The third-order valence-electron chi connectivity index (χ3n) is 6.10. The van der Waals surface area contributed by atoms with Crippen molar-refractivity contribution in [2.45, 2.75) is 27.7 Å². The summed E-state index contributed by atoms with van der Waals surface area (Å²) in [5, 5.41) is 0. The van der Waals surface area contributed by atoms with Gasteiger partial charge in [-0.1, -0.05) is 0 Å². The number of hydrogen-bond acceptors (Lipinski definition) is 0. The Morgan fingerprint density at radius 3 is 1.22 bits per heavy atom. The first-order valence-corrected chi connectivity index (χ1v) is 11.0. The molecular weight excluding hydrogens is 392 g/mol. The van der Waals surface area contributed by atoms with E-state index < -0.39 is 0 Å². The van der Waals surface area contributed by atoms with Crippen LogP contribution in [0.1, 0.15) is 22.5 Å². The first-order valence-electron chi connectivity index (χ1n) is 11.0. The van der Waals surface area contributed by atoms with E-state index in [1.165, 1.54) is 45.3 Å². The summed E-state index contributed by atoms with van der Waals surface area (Å²) in [5.74, 6) is 0. The van der Waals surface area contributed by atoms with Gasteiger partial charge in [0.25, 0.3) is 22.8 Å². The highest BCUT2D eigenvalue weighted by Gasteiger charge is 2.21. The fourth-order valence-electron chi connectivity index (χ4n) is 3.76. The van der Waals surface area contributed by atoms with Crippen LogP contribution in [0, 0.1) is 27.7 Å². The topological polar surface area (TPSA) is 15.5 Å². The van der Waals surface area contributed by atoms with Gasteiger partial charge in [0.05, 0.1) is 0 Å². The standard InChI is InChI=1S/2C14H18N2/c1-11-5-7-15(3)13(9-11)14-10-12(2)6-8-16(14)4;1-11-7-5-9-13(15(11)3)14-10-6-8-12(2)16(14)4/h2*5-10H,1-4H3/q2*+2. The van der Waals surface area contributed by atoms with Crippen LogP contribution >= 0.6 is 0 Å². The Kier molecular flexibility index (Phi) is 7.14. The summed E-state index contributed by atoms with van der Waals surface area (Å²) >= 11 is 0. The lowest BCUT2D eigenvalue weighted by atomic mass is 10.1. The molecule has 4 nitrogen and oxygen atoms in total. The van der Waals surface area contributed by atoms with E-state index in [4.69, 9.17) is 0 Å². The summed E-state index contributed by atoms with van der Waals surface area (Å²) in [5.41, 5.74) is 10.1.